The van der Waals surface area contributed by atoms with E-state index in [0.717, 1.165) is 12.0 Å². The van der Waals surface area contributed by atoms with Crippen molar-refractivity contribution in [2.75, 3.05) is 19.8 Å². The number of aliphatic hydroxyl groups excluding tert-OH is 1. The van der Waals surface area contributed by atoms with Crippen LogP contribution < -0.4 is 0 Å². The number of fused-ring (bicyclic) bond motifs is 1. The third kappa shape index (κ3) is 5.00. The normalized spacial score (nSPS) is 30.2. The average molecular weight is 571 g/mol. The molecule has 1 spiro atoms. The summed E-state index contributed by atoms with van der Waals surface area (Å²) in [7, 11) is 0. The quantitative estimate of drug-likeness (QED) is 0.315. The first-order chi connectivity index (χ1) is 18.7. The summed E-state index contributed by atoms with van der Waals surface area (Å²) in [6.07, 6.45) is 3.84. The molecule has 8 heteroatoms. The highest BCUT2D eigenvalue weighted by Crippen LogP contribution is 2.72. The van der Waals surface area contributed by atoms with Crippen molar-refractivity contribution in [3.05, 3.63) is 48.6 Å². The van der Waals surface area contributed by atoms with Crippen LogP contribution in [0.4, 0.5) is 0 Å². The Morgan fingerprint density at radius 1 is 1.23 bits per heavy atom. The van der Waals surface area contributed by atoms with Gasteiger partial charge in [0, 0.05) is 16.8 Å². The van der Waals surface area contributed by atoms with Crippen LogP contribution in [0.1, 0.15) is 79.3 Å². The predicted octanol–water partition coefficient (Wildman–Crippen LogP) is 4.99. The van der Waals surface area contributed by atoms with Gasteiger partial charge >= 0.3 is 5.97 Å². The number of hydrogen-bond donors (Lipinski definition) is 1. The number of nitrogens with zero attached hydrogens (tertiary/aromatic N) is 2. The molecule has 3 fully saturated rings. The molecular weight excluding hydrogens is 524 g/mol. The molecule has 3 aliphatic rings. The van der Waals surface area contributed by atoms with Crippen LogP contribution in [0.2, 0.25) is 0 Å². The van der Waals surface area contributed by atoms with Gasteiger partial charge < -0.3 is 19.6 Å². The summed E-state index contributed by atoms with van der Waals surface area (Å²) >= 11 is 1.62. The van der Waals surface area contributed by atoms with Crippen LogP contribution >= 0.6 is 11.8 Å². The number of aliphatic hydroxyl groups is 1. The molecule has 1 N–H and O–H groups in total. The number of rotatable bonds is 10. The summed E-state index contributed by atoms with van der Waals surface area (Å²) in [6.45, 7) is 18.6. The first kappa shape index (κ1) is 30.6. The van der Waals surface area contributed by atoms with Crippen LogP contribution in [0, 0.1) is 17.3 Å². The minimum atomic E-state index is -0.840. The lowest BCUT2D eigenvalue weighted by atomic mass is 9.66. The Hall–Kier alpha value is -2.32. The molecule has 2 bridgehead atoms. The summed E-state index contributed by atoms with van der Waals surface area (Å²) in [5.41, 5.74) is 0.186. The van der Waals surface area contributed by atoms with Gasteiger partial charge in [-0.25, -0.2) is 0 Å². The predicted molar refractivity (Wildman–Crippen MR) is 159 cm³/mol. The topological polar surface area (TPSA) is 87.2 Å². The molecule has 40 heavy (non-hydrogen) atoms. The second kappa shape index (κ2) is 10.8. The standard InChI is InChI=1S/C32H46N2O5S/c1-9-18-33(30(6,7)20-29(3,4)5)27(37)25-32-17-16-31(8,40-32)24(28(38)39-10-2)23(32)26(36)34(25)22(19-35)21-14-12-11-13-15-21/h9,11-15,22-25,35H,1,10,16-20H2,2-8H3/t22-,23+,24+,25?,31-,32?/m1/s1. The average Bonchev–Trinajstić information content (AvgIpc) is 3.43. The molecule has 3 heterocycles. The Balaban J connectivity index is 1.89. The van der Waals surface area contributed by atoms with E-state index in [1.54, 1.807) is 29.7 Å². The molecule has 0 radical (unpaired) electrons. The Bertz CT molecular complexity index is 1150. The summed E-state index contributed by atoms with van der Waals surface area (Å²) in [5.74, 6) is -2.12. The monoisotopic (exact) mass is 570 g/mol. The van der Waals surface area contributed by atoms with E-state index in [2.05, 4.69) is 41.2 Å². The van der Waals surface area contributed by atoms with E-state index < -0.39 is 39.0 Å². The van der Waals surface area contributed by atoms with Gasteiger partial charge in [-0.3, -0.25) is 14.4 Å². The number of ether oxygens (including phenoxy) is 1. The fourth-order valence-electron chi connectivity index (χ4n) is 7.90. The zero-order valence-corrected chi connectivity index (χ0v) is 25.9. The first-order valence-electron chi connectivity index (χ1n) is 14.4. The second-order valence-electron chi connectivity index (χ2n) is 13.6. The third-order valence-corrected chi connectivity index (χ3v) is 10.9. The fourth-order valence-corrected chi connectivity index (χ4v) is 10.2. The van der Waals surface area contributed by atoms with Crippen molar-refractivity contribution < 1.29 is 24.2 Å². The molecule has 1 aromatic carbocycles. The van der Waals surface area contributed by atoms with Crippen molar-refractivity contribution >= 4 is 29.5 Å². The summed E-state index contributed by atoms with van der Waals surface area (Å²) in [5, 5.41) is 10.7. The van der Waals surface area contributed by atoms with Gasteiger partial charge in [-0.05, 0) is 57.9 Å². The minimum Gasteiger partial charge on any atom is -0.466 e. The van der Waals surface area contributed by atoms with Crippen molar-refractivity contribution in [1.29, 1.82) is 0 Å². The van der Waals surface area contributed by atoms with E-state index in [4.69, 9.17) is 4.74 Å². The highest BCUT2D eigenvalue weighted by atomic mass is 32.2. The highest BCUT2D eigenvalue weighted by Gasteiger charge is 2.78. The highest BCUT2D eigenvalue weighted by molar-refractivity contribution is 8.02. The summed E-state index contributed by atoms with van der Waals surface area (Å²) < 4.78 is 4.22. The van der Waals surface area contributed by atoms with Gasteiger partial charge in [0.25, 0.3) is 0 Å². The maximum Gasteiger partial charge on any atom is 0.311 e. The van der Waals surface area contributed by atoms with Crippen LogP contribution in [0.3, 0.4) is 0 Å². The van der Waals surface area contributed by atoms with E-state index in [1.165, 1.54) is 0 Å². The number of carbonyl (C=O) groups is 3. The van der Waals surface area contributed by atoms with Gasteiger partial charge in [-0.1, -0.05) is 57.2 Å². The molecule has 2 amide bonds. The lowest BCUT2D eigenvalue weighted by molar-refractivity contribution is -0.155. The van der Waals surface area contributed by atoms with E-state index in [-0.39, 0.29) is 36.4 Å². The smallest absolute Gasteiger partial charge is 0.311 e. The molecule has 7 nitrogen and oxygen atoms in total. The first-order valence-corrected chi connectivity index (χ1v) is 15.3. The molecule has 0 aliphatic carbocycles. The lowest BCUT2D eigenvalue weighted by Gasteiger charge is -2.46. The molecule has 2 unspecified atom stereocenters. The van der Waals surface area contributed by atoms with Crippen LogP contribution in [-0.4, -0.2) is 73.5 Å². The summed E-state index contributed by atoms with van der Waals surface area (Å²) in [4.78, 5) is 46.5. The number of esters is 1. The third-order valence-electron chi connectivity index (χ3n) is 8.95. The van der Waals surface area contributed by atoms with Crippen LogP contribution in [0.25, 0.3) is 0 Å². The van der Waals surface area contributed by atoms with Crippen molar-refractivity contribution in [2.24, 2.45) is 17.3 Å². The fraction of sp³-hybridized carbons (Fsp3) is 0.656. The molecule has 6 atom stereocenters. The Labute approximate surface area is 243 Å². The molecule has 3 aliphatic heterocycles. The van der Waals surface area contributed by atoms with Crippen molar-refractivity contribution in [2.45, 2.75) is 94.8 Å². The zero-order valence-electron chi connectivity index (χ0n) is 25.1. The maximum atomic E-state index is 15.0. The van der Waals surface area contributed by atoms with E-state index >= 15 is 0 Å². The molecular formula is C32H46N2O5S. The maximum absolute atomic E-state index is 15.0. The zero-order chi connectivity index (χ0) is 29.7. The number of likely N-dealkylation sites (tertiary alicyclic amines) is 1. The van der Waals surface area contributed by atoms with E-state index in [0.29, 0.717) is 19.4 Å². The van der Waals surface area contributed by atoms with Gasteiger partial charge in [-0.2, -0.15) is 0 Å². The molecule has 3 saturated heterocycles. The van der Waals surface area contributed by atoms with Gasteiger partial charge in [-0.15, -0.1) is 18.3 Å². The molecule has 1 aromatic rings. The number of benzene rings is 1. The van der Waals surface area contributed by atoms with Crippen molar-refractivity contribution in [3.8, 4) is 0 Å². The number of carbonyl (C=O) groups excluding carboxylic acids is 3. The largest absolute Gasteiger partial charge is 0.466 e. The van der Waals surface area contributed by atoms with Crippen molar-refractivity contribution in [3.63, 3.8) is 0 Å². The van der Waals surface area contributed by atoms with Crippen LogP contribution in [0.5, 0.6) is 0 Å². The van der Waals surface area contributed by atoms with E-state index in [9.17, 15) is 19.5 Å². The number of thioether (sulfide) groups is 1. The Morgan fingerprint density at radius 3 is 2.42 bits per heavy atom. The number of amides is 2. The minimum absolute atomic E-state index is 0.0457. The van der Waals surface area contributed by atoms with Gasteiger partial charge in [0.2, 0.25) is 11.8 Å². The molecule has 0 saturated carbocycles. The Kier molecular flexibility index (Phi) is 8.29. The van der Waals surface area contributed by atoms with Gasteiger partial charge in [0.15, 0.2) is 0 Å². The molecule has 220 valence electrons. The van der Waals surface area contributed by atoms with Crippen LogP contribution in [0.15, 0.2) is 43.0 Å². The SMILES string of the molecule is C=CCN(C(=O)C1N([C@H](CO)c2ccccc2)C(=O)[C@@H]2[C@@H](C(=O)OCC)[C@@]3(C)CCC12S3)C(C)(C)CC(C)(C)C. The molecule has 4 rings (SSSR count). The van der Waals surface area contributed by atoms with E-state index in [1.807, 2.05) is 42.2 Å². The summed E-state index contributed by atoms with van der Waals surface area (Å²) in [6, 6.07) is 7.82. The second-order valence-corrected chi connectivity index (χ2v) is 15.5. The Morgan fingerprint density at radius 2 is 1.88 bits per heavy atom. The van der Waals surface area contributed by atoms with Gasteiger partial charge in [0.1, 0.15) is 6.04 Å². The van der Waals surface area contributed by atoms with Crippen LogP contribution in [-0.2, 0) is 19.1 Å². The van der Waals surface area contributed by atoms with Crippen molar-refractivity contribution in [1.82, 2.24) is 9.80 Å². The van der Waals surface area contributed by atoms with Gasteiger partial charge in [0.05, 0.1) is 35.8 Å². The lowest BCUT2D eigenvalue weighted by Crippen LogP contribution is -2.60. The molecule has 0 aromatic heterocycles. The number of hydrogen-bond acceptors (Lipinski definition) is 6.